The van der Waals surface area contributed by atoms with Gasteiger partial charge < -0.3 is 5.32 Å². The Labute approximate surface area is 122 Å². The maximum Gasteiger partial charge on any atom is 0.0595 e. The van der Waals surface area contributed by atoms with Crippen LogP contribution in [0.5, 0.6) is 0 Å². The molecule has 1 nitrogen and oxygen atoms in total. The Morgan fingerprint density at radius 3 is 2.67 bits per heavy atom. The molecular weight excluding hydrogens is 285 g/mol. The van der Waals surface area contributed by atoms with Gasteiger partial charge in [-0.2, -0.15) is 0 Å². The fraction of sp³-hybridized carbons (Fsp3) is 0.286. The predicted octanol–water partition coefficient (Wildman–Crippen LogP) is 4.91. The van der Waals surface area contributed by atoms with Gasteiger partial charge in [-0.15, -0.1) is 11.3 Å². The maximum atomic E-state index is 5.98. The molecule has 0 unspecified atom stereocenters. The van der Waals surface area contributed by atoms with Gasteiger partial charge in [0.25, 0.3) is 0 Å². The van der Waals surface area contributed by atoms with Crippen LogP contribution in [0.2, 0.25) is 10.0 Å². The Bertz CT molecular complexity index is 522. The highest BCUT2D eigenvalue weighted by molar-refractivity contribution is 7.10. The fourth-order valence-electron chi connectivity index (χ4n) is 1.81. The molecule has 18 heavy (non-hydrogen) atoms. The van der Waals surface area contributed by atoms with Gasteiger partial charge in [-0.25, -0.2) is 0 Å². The minimum Gasteiger partial charge on any atom is -0.308 e. The quantitative estimate of drug-likeness (QED) is 0.827. The van der Waals surface area contributed by atoms with E-state index in [4.69, 9.17) is 23.2 Å². The lowest BCUT2D eigenvalue weighted by molar-refractivity contribution is 0.697. The van der Waals surface area contributed by atoms with E-state index in [1.54, 1.807) is 11.3 Å². The van der Waals surface area contributed by atoms with E-state index < -0.39 is 0 Å². The minimum atomic E-state index is 0.604. The first kappa shape index (κ1) is 13.9. The summed E-state index contributed by atoms with van der Waals surface area (Å²) in [4.78, 5) is 1.41. The number of thiophene rings is 1. The van der Waals surface area contributed by atoms with Crippen molar-refractivity contribution in [3.05, 3.63) is 55.7 Å². The molecule has 1 heterocycles. The number of halogens is 2. The van der Waals surface area contributed by atoms with E-state index in [9.17, 15) is 0 Å². The summed E-state index contributed by atoms with van der Waals surface area (Å²) in [5, 5.41) is 6.80. The first-order chi connectivity index (χ1) is 8.70. The SMILES string of the molecule is CCc1ccsc1CNCc1ccc(Cl)c(Cl)c1. The summed E-state index contributed by atoms with van der Waals surface area (Å²) in [5.41, 5.74) is 2.58. The van der Waals surface area contributed by atoms with Gasteiger partial charge in [0.1, 0.15) is 0 Å². The molecule has 0 saturated carbocycles. The Morgan fingerprint density at radius 1 is 1.11 bits per heavy atom. The number of nitrogens with one attached hydrogen (secondary N) is 1. The molecule has 2 aromatic rings. The Balaban J connectivity index is 1.90. The third-order valence-electron chi connectivity index (χ3n) is 2.82. The molecule has 0 radical (unpaired) electrons. The summed E-state index contributed by atoms with van der Waals surface area (Å²) < 4.78 is 0. The first-order valence-electron chi connectivity index (χ1n) is 5.90. The Morgan fingerprint density at radius 2 is 1.94 bits per heavy atom. The standard InChI is InChI=1S/C14H15Cl2NS/c1-2-11-5-6-18-14(11)9-17-8-10-3-4-12(15)13(16)7-10/h3-7,17H,2,8-9H2,1H3. The number of hydrogen-bond donors (Lipinski definition) is 1. The summed E-state index contributed by atoms with van der Waals surface area (Å²) >= 11 is 13.7. The van der Waals surface area contributed by atoms with Crippen molar-refractivity contribution in [2.45, 2.75) is 26.4 Å². The van der Waals surface area contributed by atoms with E-state index in [0.717, 1.165) is 25.1 Å². The van der Waals surface area contributed by atoms with Crippen LogP contribution in [0.25, 0.3) is 0 Å². The van der Waals surface area contributed by atoms with Crippen molar-refractivity contribution in [2.24, 2.45) is 0 Å². The fourth-order valence-corrected chi connectivity index (χ4v) is 3.07. The highest BCUT2D eigenvalue weighted by atomic mass is 35.5. The molecule has 1 aromatic heterocycles. The van der Waals surface area contributed by atoms with Crippen LogP contribution in [-0.4, -0.2) is 0 Å². The van der Waals surface area contributed by atoms with Gasteiger partial charge in [0.2, 0.25) is 0 Å². The molecular formula is C14H15Cl2NS. The van der Waals surface area contributed by atoms with Crippen LogP contribution in [0.4, 0.5) is 0 Å². The van der Waals surface area contributed by atoms with Gasteiger partial charge in [-0.1, -0.05) is 36.2 Å². The lowest BCUT2D eigenvalue weighted by Gasteiger charge is -2.06. The number of benzene rings is 1. The van der Waals surface area contributed by atoms with E-state index >= 15 is 0 Å². The maximum absolute atomic E-state index is 5.98. The van der Waals surface area contributed by atoms with Crippen LogP contribution in [0, 0.1) is 0 Å². The van der Waals surface area contributed by atoms with Crippen molar-refractivity contribution in [3.63, 3.8) is 0 Å². The van der Waals surface area contributed by atoms with Gasteiger partial charge in [-0.3, -0.25) is 0 Å². The second kappa shape index (κ2) is 6.58. The average molecular weight is 300 g/mol. The van der Waals surface area contributed by atoms with Crippen molar-refractivity contribution in [3.8, 4) is 0 Å². The number of hydrogen-bond acceptors (Lipinski definition) is 2. The second-order valence-corrected chi connectivity index (χ2v) is 5.89. The van der Waals surface area contributed by atoms with Crippen molar-refractivity contribution in [2.75, 3.05) is 0 Å². The summed E-state index contributed by atoms with van der Waals surface area (Å²) in [6, 6.07) is 7.94. The highest BCUT2D eigenvalue weighted by Gasteiger charge is 2.03. The third kappa shape index (κ3) is 3.48. The minimum absolute atomic E-state index is 0.604. The van der Waals surface area contributed by atoms with Gasteiger partial charge in [0.15, 0.2) is 0 Å². The molecule has 1 N–H and O–H groups in total. The van der Waals surface area contributed by atoms with Crippen LogP contribution in [0.15, 0.2) is 29.6 Å². The van der Waals surface area contributed by atoms with E-state index in [2.05, 4.69) is 23.7 Å². The van der Waals surface area contributed by atoms with Crippen molar-refractivity contribution in [1.82, 2.24) is 5.32 Å². The molecule has 0 aliphatic heterocycles. The lowest BCUT2D eigenvalue weighted by atomic mass is 10.2. The molecule has 4 heteroatoms. The number of aryl methyl sites for hydroxylation is 1. The summed E-state index contributed by atoms with van der Waals surface area (Å²) in [7, 11) is 0. The molecule has 1 aromatic carbocycles. The van der Waals surface area contributed by atoms with E-state index in [0.29, 0.717) is 10.0 Å². The lowest BCUT2D eigenvalue weighted by Crippen LogP contribution is -2.12. The predicted molar refractivity (Wildman–Crippen MR) is 80.7 cm³/mol. The molecule has 0 spiro atoms. The zero-order valence-corrected chi connectivity index (χ0v) is 12.5. The van der Waals surface area contributed by atoms with E-state index in [1.165, 1.54) is 10.4 Å². The summed E-state index contributed by atoms with van der Waals surface area (Å²) in [6.45, 7) is 3.89. The van der Waals surface area contributed by atoms with Gasteiger partial charge in [-0.05, 0) is 41.1 Å². The Kier molecular flexibility index (Phi) is 5.07. The van der Waals surface area contributed by atoms with E-state index in [1.807, 2.05) is 18.2 Å². The molecule has 0 amide bonds. The molecule has 2 rings (SSSR count). The molecule has 0 fully saturated rings. The molecule has 0 aliphatic rings. The molecule has 0 saturated heterocycles. The zero-order valence-electron chi connectivity index (χ0n) is 10.2. The van der Waals surface area contributed by atoms with Gasteiger partial charge in [0.05, 0.1) is 10.0 Å². The van der Waals surface area contributed by atoms with Crippen molar-refractivity contribution >= 4 is 34.5 Å². The topological polar surface area (TPSA) is 12.0 Å². The normalized spacial score (nSPS) is 10.8. The van der Waals surface area contributed by atoms with Crippen molar-refractivity contribution in [1.29, 1.82) is 0 Å². The average Bonchev–Trinajstić information content (AvgIpc) is 2.81. The van der Waals surface area contributed by atoms with Crippen LogP contribution < -0.4 is 5.32 Å². The van der Waals surface area contributed by atoms with Crippen LogP contribution in [-0.2, 0) is 19.5 Å². The van der Waals surface area contributed by atoms with Gasteiger partial charge >= 0.3 is 0 Å². The largest absolute Gasteiger partial charge is 0.308 e. The van der Waals surface area contributed by atoms with E-state index in [-0.39, 0.29) is 0 Å². The highest BCUT2D eigenvalue weighted by Crippen LogP contribution is 2.22. The van der Waals surface area contributed by atoms with Crippen LogP contribution in [0.1, 0.15) is 22.9 Å². The smallest absolute Gasteiger partial charge is 0.0595 e. The van der Waals surface area contributed by atoms with Crippen molar-refractivity contribution < 1.29 is 0 Å². The zero-order chi connectivity index (χ0) is 13.0. The molecule has 0 atom stereocenters. The van der Waals surface area contributed by atoms with Gasteiger partial charge in [0, 0.05) is 18.0 Å². The summed E-state index contributed by atoms with van der Waals surface area (Å²) in [6.07, 6.45) is 1.09. The van der Waals surface area contributed by atoms with Crippen LogP contribution >= 0.6 is 34.5 Å². The molecule has 0 bridgehead atoms. The first-order valence-corrected chi connectivity index (χ1v) is 7.54. The third-order valence-corrected chi connectivity index (χ3v) is 4.52. The molecule has 0 aliphatic carbocycles. The molecule has 96 valence electrons. The Hall–Kier alpha value is -0.540. The summed E-state index contributed by atoms with van der Waals surface area (Å²) in [5.74, 6) is 0. The number of rotatable bonds is 5. The monoisotopic (exact) mass is 299 g/mol. The second-order valence-electron chi connectivity index (χ2n) is 4.07. The van der Waals surface area contributed by atoms with Crippen LogP contribution in [0.3, 0.4) is 0 Å².